The number of methoxy groups -OCH3 is 1. The summed E-state index contributed by atoms with van der Waals surface area (Å²) in [5, 5.41) is 13.7. The highest BCUT2D eigenvalue weighted by molar-refractivity contribution is 5.80. The maximum Gasteiger partial charge on any atom is 0.143 e. The number of H-pyrrole nitrogens is 1. The van der Waals surface area contributed by atoms with Gasteiger partial charge in [0.1, 0.15) is 11.8 Å². The van der Waals surface area contributed by atoms with Gasteiger partial charge in [-0.25, -0.2) is 0 Å². The first-order chi connectivity index (χ1) is 10.3. The monoisotopic (exact) mass is 277 g/mol. The molecule has 0 amide bonds. The van der Waals surface area contributed by atoms with Crippen molar-refractivity contribution in [3.05, 3.63) is 59.8 Å². The van der Waals surface area contributed by atoms with E-state index in [-0.39, 0.29) is 0 Å². The molecule has 0 bridgehead atoms. The van der Waals surface area contributed by atoms with Gasteiger partial charge in [0.15, 0.2) is 0 Å². The third-order valence-corrected chi connectivity index (χ3v) is 3.45. The highest BCUT2D eigenvalue weighted by Gasteiger charge is 2.08. The Hall–Kier alpha value is -2.93. The number of hydrogen-bond acceptors (Lipinski definition) is 3. The summed E-state index contributed by atoms with van der Waals surface area (Å²) in [6.45, 7) is 0.635. The van der Waals surface area contributed by atoms with Crippen LogP contribution in [-0.2, 0) is 6.54 Å². The molecular formula is C17H15N3O. The lowest BCUT2D eigenvalue weighted by Gasteiger charge is -2.12. The molecule has 21 heavy (non-hydrogen) atoms. The van der Waals surface area contributed by atoms with Gasteiger partial charge in [-0.1, -0.05) is 12.1 Å². The molecule has 0 radical (unpaired) electrons. The Kier molecular flexibility index (Phi) is 3.48. The fourth-order valence-corrected chi connectivity index (χ4v) is 2.38. The van der Waals surface area contributed by atoms with Crippen molar-refractivity contribution in [3.63, 3.8) is 0 Å². The smallest absolute Gasteiger partial charge is 0.143 e. The summed E-state index contributed by atoms with van der Waals surface area (Å²) in [5.41, 5.74) is 3.58. The van der Waals surface area contributed by atoms with E-state index in [1.165, 1.54) is 5.39 Å². The van der Waals surface area contributed by atoms with Gasteiger partial charge in [0.2, 0.25) is 0 Å². The van der Waals surface area contributed by atoms with Crippen molar-refractivity contribution < 1.29 is 4.74 Å². The Morgan fingerprint density at radius 3 is 2.95 bits per heavy atom. The lowest BCUT2D eigenvalue weighted by Crippen LogP contribution is -2.03. The average molecular weight is 277 g/mol. The van der Waals surface area contributed by atoms with E-state index < -0.39 is 0 Å². The molecule has 1 heterocycles. The molecule has 0 aliphatic heterocycles. The quantitative estimate of drug-likeness (QED) is 0.765. The summed E-state index contributed by atoms with van der Waals surface area (Å²) >= 11 is 0. The molecule has 0 spiro atoms. The van der Waals surface area contributed by atoms with Crippen LogP contribution in [0.3, 0.4) is 0 Å². The van der Waals surface area contributed by atoms with Crippen LogP contribution in [0.5, 0.6) is 5.75 Å². The SMILES string of the molecule is COc1cccc(C#N)c1NCc1ccc2[nH]ccc2c1. The molecule has 0 fully saturated rings. The molecule has 3 rings (SSSR count). The lowest BCUT2D eigenvalue weighted by molar-refractivity contribution is 0.416. The largest absolute Gasteiger partial charge is 0.495 e. The van der Waals surface area contributed by atoms with E-state index in [9.17, 15) is 5.26 Å². The van der Waals surface area contributed by atoms with Crippen molar-refractivity contribution in [2.24, 2.45) is 0 Å². The molecule has 3 aromatic rings. The molecule has 0 aliphatic rings. The van der Waals surface area contributed by atoms with Gasteiger partial charge in [0.05, 0.1) is 18.4 Å². The molecule has 0 aliphatic carbocycles. The number of nitrogens with one attached hydrogen (secondary N) is 2. The molecule has 4 heteroatoms. The Morgan fingerprint density at radius 2 is 2.14 bits per heavy atom. The van der Waals surface area contributed by atoms with Crippen molar-refractivity contribution >= 4 is 16.6 Å². The zero-order chi connectivity index (χ0) is 14.7. The van der Waals surface area contributed by atoms with Crippen LogP contribution in [0.25, 0.3) is 10.9 Å². The number of fused-ring (bicyclic) bond motifs is 1. The van der Waals surface area contributed by atoms with Crippen LogP contribution in [0.4, 0.5) is 5.69 Å². The number of rotatable bonds is 4. The maximum absolute atomic E-state index is 9.20. The molecule has 2 aromatic carbocycles. The zero-order valence-electron chi connectivity index (χ0n) is 11.7. The Morgan fingerprint density at radius 1 is 1.24 bits per heavy atom. The summed E-state index contributed by atoms with van der Waals surface area (Å²) in [7, 11) is 1.60. The molecule has 1 aromatic heterocycles. The van der Waals surface area contributed by atoms with Gasteiger partial charge in [-0.2, -0.15) is 5.26 Å². The van der Waals surface area contributed by atoms with Crippen molar-refractivity contribution in [3.8, 4) is 11.8 Å². The topological polar surface area (TPSA) is 60.8 Å². The lowest BCUT2D eigenvalue weighted by atomic mass is 10.1. The van der Waals surface area contributed by atoms with E-state index in [4.69, 9.17) is 4.74 Å². The predicted molar refractivity (Wildman–Crippen MR) is 83.3 cm³/mol. The predicted octanol–water partition coefficient (Wildman–Crippen LogP) is 3.66. The normalized spacial score (nSPS) is 10.3. The molecule has 0 saturated heterocycles. The summed E-state index contributed by atoms with van der Waals surface area (Å²) in [6, 6.07) is 15.9. The van der Waals surface area contributed by atoms with E-state index in [2.05, 4.69) is 34.6 Å². The number of aromatic nitrogens is 1. The van der Waals surface area contributed by atoms with E-state index in [0.717, 1.165) is 16.8 Å². The number of hydrogen-bond donors (Lipinski definition) is 2. The molecule has 4 nitrogen and oxygen atoms in total. The van der Waals surface area contributed by atoms with Crippen molar-refractivity contribution in [1.82, 2.24) is 4.98 Å². The number of para-hydroxylation sites is 1. The summed E-state index contributed by atoms with van der Waals surface area (Å²) < 4.78 is 5.32. The third kappa shape index (κ3) is 2.54. The van der Waals surface area contributed by atoms with Gasteiger partial charge in [-0.05, 0) is 41.3 Å². The maximum atomic E-state index is 9.20. The van der Waals surface area contributed by atoms with Gasteiger partial charge in [0, 0.05) is 18.3 Å². The summed E-state index contributed by atoms with van der Waals surface area (Å²) in [5.74, 6) is 0.678. The molecule has 104 valence electrons. The summed E-state index contributed by atoms with van der Waals surface area (Å²) in [4.78, 5) is 3.17. The minimum atomic E-state index is 0.581. The first-order valence-electron chi connectivity index (χ1n) is 6.69. The van der Waals surface area contributed by atoms with E-state index in [1.807, 2.05) is 24.4 Å². The Bertz CT molecular complexity index is 814. The second kappa shape index (κ2) is 5.59. The minimum Gasteiger partial charge on any atom is -0.495 e. The van der Waals surface area contributed by atoms with Gasteiger partial charge >= 0.3 is 0 Å². The Balaban J connectivity index is 1.85. The molecule has 2 N–H and O–H groups in total. The van der Waals surface area contributed by atoms with Gasteiger partial charge in [-0.15, -0.1) is 0 Å². The van der Waals surface area contributed by atoms with E-state index >= 15 is 0 Å². The van der Waals surface area contributed by atoms with Gasteiger partial charge in [0.25, 0.3) is 0 Å². The number of nitriles is 1. The van der Waals surface area contributed by atoms with Gasteiger partial charge < -0.3 is 15.0 Å². The van der Waals surface area contributed by atoms with Crippen molar-refractivity contribution in [1.29, 1.82) is 5.26 Å². The van der Waals surface area contributed by atoms with Crippen LogP contribution < -0.4 is 10.1 Å². The zero-order valence-corrected chi connectivity index (χ0v) is 11.7. The highest BCUT2D eigenvalue weighted by atomic mass is 16.5. The first kappa shape index (κ1) is 13.1. The minimum absolute atomic E-state index is 0.581. The first-order valence-corrected chi connectivity index (χ1v) is 6.69. The fourth-order valence-electron chi connectivity index (χ4n) is 2.38. The molecule has 0 saturated carbocycles. The van der Waals surface area contributed by atoms with Crippen LogP contribution >= 0.6 is 0 Å². The van der Waals surface area contributed by atoms with Crippen molar-refractivity contribution in [2.45, 2.75) is 6.54 Å². The third-order valence-electron chi connectivity index (χ3n) is 3.45. The second-order valence-electron chi connectivity index (χ2n) is 4.75. The van der Waals surface area contributed by atoms with Gasteiger partial charge in [-0.3, -0.25) is 0 Å². The summed E-state index contributed by atoms with van der Waals surface area (Å²) in [6.07, 6.45) is 1.93. The Labute approximate surface area is 123 Å². The number of aromatic amines is 1. The van der Waals surface area contributed by atoms with Crippen LogP contribution in [0.2, 0.25) is 0 Å². The highest BCUT2D eigenvalue weighted by Crippen LogP contribution is 2.28. The van der Waals surface area contributed by atoms with Crippen LogP contribution in [0, 0.1) is 11.3 Å². The van der Waals surface area contributed by atoms with Crippen LogP contribution in [0.15, 0.2) is 48.7 Å². The number of benzene rings is 2. The second-order valence-corrected chi connectivity index (χ2v) is 4.75. The van der Waals surface area contributed by atoms with Crippen LogP contribution in [0.1, 0.15) is 11.1 Å². The standard InChI is InChI=1S/C17H15N3O/c1-21-16-4-2-3-14(10-18)17(16)20-11-12-5-6-15-13(9-12)7-8-19-15/h2-9,19-20H,11H2,1H3. The fraction of sp³-hybridized carbons (Fsp3) is 0.118. The van der Waals surface area contributed by atoms with E-state index in [0.29, 0.717) is 17.9 Å². The molecule has 0 unspecified atom stereocenters. The number of anilines is 1. The van der Waals surface area contributed by atoms with E-state index in [1.54, 1.807) is 13.2 Å². The molecular weight excluding hydrogens is 262 g/mol. The number of ether oxygens (including phenoxy) is 1. The van der Waals surface area contributed by atoms with Crippen molar-refractivity contribution in [2.75, 3.05) is 12.4 Å². The average Bonchev–Trinajstić information content (AvgIpc) is 3.00. The number of nitrogens with zero attached hydrogens (tertiary/aromatic N) is 1. The van der Waals surface area contributed by atoms with Crippen LogP contribution in [-0.4, -0.2) is 12.1 Å². The molecule has 0 atom stereocenters.